The van der Waals surface area contributed by atoms with Crippen molar-refractivity contribution >= 4 is 11.6 Å². The summed E-state index contributed by atoms with van der Waals surface area (Å²) in [6, 6.07) is 8.59. The molecule has 2 aromatic rings. The van der Waals surface area contributed by atoms with Crippen molar-refractivity contribution in [2.45, 2.75) is 19.3 Å². The van der Waals surface area contributed by atoms with E-state index in [9.17, 15) is 9.18 Å². The molecular weight excluding hydrogens is 281 g/mol. The lowest BCUT2D eigenvalue weighted by Gasteiger charge is -2.26. The zero-order valence-corrected chi connectivity index (χ0v) is 12.4. The minimum absolute atomic E-state index is 0.166. The predicted molar refractivity (Wildman–Crippen MR) is 82.8 cm³/mol. The maximum Gasteiger partial charge on any atom is 0.231 e. The van der Waals surface area contributed by atoms with Crippen LogP contribution < -0.4 is 9.64 Å². The van der Waals surface area contributed by atoms with Gasteiger partial charge in [-0.2, -0.15) is 0 Å². The molecule has 0 saturated carbocycles. The number of benzene rings is 2. The highest BCUT2D eigenvalue weighted by Gasteiger charge is 2.32. The summed E-state index contributed by atoms with van der Waals surface area (Å²) in [4.78, 5) is 14.0. The van der Waals surface area contributed by atoms with Crippen molar-refractivity contribution in [1.29, 1.82) is 0 Å². The summed E-state index contributed by atoms with van der Waals surface area (Å²) in [6.07, 6.45) is 2.37. The van der Waals surface area contributed by atoms with Gasteiger partial charge in [-0.25, -0.2) is 4.39 Å². The molecular formula is C18H16FNO2. The number of carbonyl (C=O) groups excluding carboxylic acids is 1. The Balaban J connectivity index is 1.91. The van der Waals surface area contributed by atoms with Gasteiger partial charge in [0.05, 0.1) is 19.2 Å². The fourth-order valence-corrected chi connectivity index (χ4v) is 3.54. The molecule has 1 amide bonds. The second kappa shape index (κ2) is 4.83. The number of ether oxygens (including phenoxy) is 1. The molecule has 2 aliphatic rings. The lowest BCUT2D eigenvalue weighted by atomic mass is 9.93. The molecule has 2 heterocycles. The number of amides is 1. The van der Waals surface area contributed by atoms with Gasteiger partial charge in [-0.15, -0.1) is 0 Å². The van der Waals surface area contributed by atoms with E-state index in [1.807, 2.05) is 11.0 Å². The normalized spacial score (nSPS) is 15.9. The Hall–Kier alpha value is -2.36. The number of anilines is 1. The van der Waals surface area contributed by atoms with Gasteiger partial charge in [0.15, 0.2) is 0 Å². The van der Waals surface area contributed by atoms with Crippen molar-refractivity contribution in [3.8, 4) is 16.9 Å². The van der Waals surface area contributed by atoms with E-state index in [1.165, 1.54) is 17.7 Å². The number of nitrogens with zero attached hydrogens (tertiary/aromatic N) is 1. The van der Waals surface area contributed by atoms with E-state index in [0.29, 0.717) is 12.2 Å². The van der Waals surface area contributed by atoms with Crippen LogP contribution in [0.2, 0.25) is 0 Å². The molecule has 0 aliphatic carbocycles. The van der Waals surface area contributed by atoms with E-state index >= 15 is 0 Å². The lowest BCUT2D eigenvalue weighted by molar-refractivity contribution is -0.117. The fraction of sp³-hybridized carbons (Fsp3) is 0.278. The monoisotopic (exact) mass is 297 g/mol. The summed E-state index contributed by atoms with van der Waals surface area (Å²) in [5, 5.41) is 0. The average Bonchev–Trinajstić information content (AvgIpc) is 2.85. The van der Waals surface area contributed by atoms with Crippen LogP contribution in [0.25, 0.3) is 11.1 Å². The van der Waals surface area contributed by atoms with Crippen LogP contribution in [0.5, 0.6) is 5.75 Å². The van der Waals surface area contributed by atoms with Gasteiger partial charge in [0, 0.05) is 12.1 Å². The number of hydrogen-bond acceptors (Lipinski definition) is 2. The van der Waals surface area contributed by atoms with Crippen molar-refractivity contribution < 1.29 is 13.9 Å². The first-order chi connectivity index (χ1) is 10.7. The van der Waals surface area contributed by atoms with Crippen LogP contribution in [0.4, 0.5) is 10.1 Å². The maximum absolute atomic E-state index is 13.6. The number of carbonyl (C=O) groups is 1. The first kappa shape index (κ1) is 13.3. The van der Waals surface area contributed by atoms with Gasteiger partial charge in [-0.3, -0.25) is 4.79 Å². The molecule has 2 aromatic carbocycles. The molecule has 0 spiro atoms. The van der Waals surface area contributed by atoms with E-state index in [-0.39, 0.29) is 11.7 Å². The summed E-state index contributed by atoms with van der Waals surface area (Å²) < 4.78 is 19.0. The summed E-state index contributed by atoms with van der Waals surface area (Å²) in [5.41, 5.74) is 4.95. The quantitative estimate of drug-likeness (QED) is 0.851. The summed E-state index contributed by atoms with van der Waals surface area (Å²) >= 11 is 0. The molecule has 0 unspecified atom stereocenters. The summed E-state index contributed by atoms with van der Waals surface area (Å²) in [5.74, 6) is 0.521. The van der Waals surface area contributed by atoms with E-state index < -0.39 is 0 Å². The average molecular weight is 297 g/mol. The molecule has 4 heteroatoms. The van der Waals surface area contributed by atoms with Crippen molar-refractivity contribution in [1.82, 2.24) is 0 Å². The smallest absolute Gasteiger partial charge is 0.231 e. The highest BCUT2D eigenvalue weighted by molar-refractivity contribution is 6.03. The minimum Gasteiger partial charge on any atom is -0.496 e. The van der Waals surface area contributed by atoms with Gasteiger partial charge in [0.1, 0.15) is 11.6 Å². The first-order valence-electron chi connectivity index (χ1n) is 7.47. The first-order valence-corrected chi connectivity index (χ1v) is 7.47. The molecule has 112 valence electrons. The molecule has 0 saturated heterocycles. The second-order valence-corrected chi connectivity index (χ2v) is 5.81. The summed E-state index contributed by atoms with van der Waals surface area (Å²) in [6.45, 7) is 0.807. The van der Waals surface area contributed by atoms with Crippen LogP contribution in [0.1, 0.15) is 17.5 Å². The van der Waals surface area contributed by atoms with Crippen molar-refractivity contribution in [2.75, 3.05) is 18.6 Å². The van der Waals surface area contributed by atoms with Crippen LogP contribution >= 0.6 is 0 Å². The predicted octanol–water partition coefficient (Wildman–Crippen LogP) is 3.34. The minimum atomic E-state index is -0.289. The zero-order valence-electron chi connectivity index (χ0n) is 12.4. The van der Waals surface area contributed by atoms with Crippen LogP contribution in [-0.2, 0) is 17.6 Å². The Kier molecular flexibility index (Phi) is 2.93. The van der Waals surface area contributed by atoms with E-state index in [1.54, 1.807) is 13.2 Å². The third kappa shape index (κ3) is 1.90. The molecule has 0 radical (unpaired) electrons. The number of hydrogen-bond donors (Lipinski definition) is 0. The van der Waals surface area contributed by atoms with Crippen molar-refractivity contribution in [3.05, 3.63) is 47.3 Å². The topological polar surface area (TPSA) is 29.5 Å². The molecule has 22 heavy (non-hydrogen) atoms. The molecule has 0 aromatic heterocycles. The largest absolute Gasteiger partial charge is 0.496 e. The maximum atomic E-state index is 13.6. The second-order valence-electron chi connectivity index (χ2n) is 5.81. The van der Waals surface area contributed by atoms with Crippen LogP contribution in [0.3, 0.4) is 0 Å². The lowest BCUT2D eigenvalue weighted by Crippen LogP contribution is -2.31. The molecule has 2 aliphatic heterocycles. The fourth-order valence-electron chi connectivity index (χ4n) is 3.54. The Labute approximate surface area is 128 Å². The van der Waals surface area contributed by atoms with E-state index in [4.69, 9.17) is 4.74 Å². The van der Waals surface area contributed by atoms with Gasteiger partial charge in [0.2, 0.25) is 5.91 Å². The number of rotatable bonds is 2. The number of methoxy groups -OCH3 is 1. The molecule has 0 fully saturated rings. The highest BCUT2D eigenvalue weighted by Crippen LogP contribution is 2.41. The van der Waals surface area contributed by atoms with Crippen LogP contribution in [0.15, 0.2) is 30.3 Å². The molecule has 0 bridgehead atoms. The molecule has 0 N–H and O–H groups in total. The Morgan fingerprint density at radius 2 is 2.00 bits per heavy atom. The molecule has 0 atom stereocenters. The van der Waals surface area contributed by atoms with E-state index in [2.05, 4.69) is 6.07 Å². The Morgan fingerprint density at radius 1 is 1.18 bits per heavy atom. The van der Waals surface area contributed by atoms with Crippen molar-refractivity contribution in [2.24, 2.45) is 0 Å². The van der Waals surface area contributed by atoms with Gasteiger partial charge in [-0.05, 0) is 59.9 Å². The van der Waals surface area contributed by atoms with Gasteiger partial charge >= 0.3 is 0 Å². The number of halogens is 1. The van der Waals surface area contributed by atoms with E-state index in [0.717, 1.165) is 41.8 Å². The third-order valence-electron chi connectivity index (χ3n) is 4.48. The highest BCUT2D eigenvalue weighted by atomic mass is 19.1. The van der Waals surface area contributed by atoms with Gasteiger partial charge in [0.25, 0.3) is 0 Å². The van der Waals surface area contributed by atoms with Gasteiger partial charge in [-0.1, -0.05) is 0 Å². The molecule has 3 nitrogen and oxygen atoms in total. The number of aryl methyl sites for hydroxylation is 1. The van der Waals surface area contributed by atoms with Crippen molar-refractivity contribution in [3.63, 3.8) is 0 Å². The van der Waals surface area contributed by atoms with Crippen LogP contribution in [-0.4, -0.2) is 19.6 Å². The Morgan fingerprint density at radius 3 is 2.82 bits per heavy atom. The third-order valence-corrected chi connectivity index (χ3v) is 4.48. The zero-order chi connectivity index (χ0) is 15.3. The standard InChI is InChI=1S/C18H16FNO2/c1-22-16-5-4-14(19)10-15(16)12-7-11-3-2-6-20-17(21)9-13(8-12)18(11)20/h4-5,7-8,10H,2-3,6,9H2,1H3. The van der Waals surface area contributed by atoms with Gasteiger partial charge < -0.3 is 9.64 Å². The molecule has 4 rings (SSSR count). The SMILES string of the molecule is COc1ccc(F)cc1-c1cc2c3c(c1)CC(=O)N3CCC2. The summed E-state index contributed by atoms with van der Waals surface area (Å²) in [7, 11) is 1.58. The Bertz CT molecular complexity index is 785. The van der Waals surface area contributed by atoms with Crippen LogP contribution in [0, 0.1) is 5.82 Å².